The molecule has 3 aromatic rings. The predicted molar refractivity (Wildman–Crippen MR) is 114 cm³/mol. The van der Waals surface area contributed by atoms with Crippen molar-refractivity contribution in [3.05, 3.63) is 65.0 Å². The van der Waals surface area contributed by atoms with Gasteiger partial charge in [-0.15, -0.1) is 10.2 Å². The van der Waals surface area contributed by atoms with Gasteiger partial charge in [0.2, 0.25) is 21.8 Å². The second kappa shape index (κ2) is 10.2. The van der Waals surface area contributed by atoms with E-state index in [1.807, 2.05) is 0 Å². The number of hydrogen-bond acceptors (Lipinski definition) is 7. The van der Waals surface area contributed by atoms with E-state index in [0.29, 0.717) is 21.8 Å². The number of nitrogens with one attached hydrogen (secondary N) is 2. The van der Waals surface area contributed by atoms with Crippen LogP contribution in [0.15, 0.2) is 52.9 Å². The first-order valence-corrected chi connectivity index (χ1v) is 10.9. The number of halogens is 1. The highest BCUT2D eigenvalue weighted by Gasteiger charge is 2.18. The van der Waals surface area contributed by atoms with Crippen LogP contribution in [0.25, 0.3) is 11.5 Å². The Morgan fingerprint density at radius 3 is 2.23 bits per heavy atom. The molecule has 0 aliphatic heterocycles. The van der Waals surface area contributed by atoms with Gasteiger partial charge in [-0.1, -0.05) is 11.6 Å². The summed E-state index contributed by atoms with van der Waals surface area (Å²) < 4.78 is 30.5. The number of carbonyl (C=O) groups is 1. The van der Waals surface area contributed by atoms with E-state index < -0.39 is 16.1 Å². The summed E-state index contributed by atoms with van der Waals surface area (Å²) in [5.74, 6) is 0.212. The molecule has 0 saturated carbocycles. The van der Waals surface area contributed by atoms with E-state index in [4.69, 9.17) is 21.1 Å². The number of rotatable bonds is 6. The minimum Gasteiger partial charge on any atom is -0.418 e. The van der Waals surface area contributed by atoms with Crippen LogP contribution in [0.2, 0.25) is 5.02 Å². The fourth-order valence-corrected chi connectivity index (χ4v) is 3.05. The van der Waals surface area contributed by atoms with Crippen LogP contribution in [0.3, 0.4) is 0 Å². The molecule has 9 nitrogen and oxygen atoms in total. The number of nitrogens with zero attached hydrogens (tertiary/aromatic N) is 2. The molecule has 160 valence electrons. The van der Waals surface area contributed by atoms with Crippen LogP contribution in [-0.2, 0) is 10.0 Å². The Hall–Kier alpha value is -2.95. The van der Waals surface area contributed by atoms with Crippen LogP contribution < -0.4 is 10.0 Å². The molecule has 3 N–H and O–H groups in total. The third-order valence-electron chi connectivity index (χ3n) is 3.70. The molecular weight excluding hydrogens is 432 g/mol. The monoisotopic (exact) mass is 452 g/mol. The number of anilines is 1. The van der Waals surface area contributed by atoms with Gasteiger partial charge in [-0.25, -0.2) is 8.42 Å². The van der Waals surface area contributed by atoms with E-state index in [1.54, 1.807) is 55.5 Å². The van der Waals surface area contributed by atoms with E-state index >= 15 is 0 Å². The first kappa shape index (κ1) is 23.3. The molecule has 0 bridgehead atoms. The smallest absolute Gasteiger partial charge is 0.251 e. The van der Waals surface area contributed by atoms with Gasteiger partial charge in [-0.3, -0.25) is 9.52 Å². The van der Waals surface area contributed by atoms with Gasteiger partial charge >= 0.3 is 0 Å². The Kier molecular flexibility index (Phi) is 7.93. The highest BCUT2D eigenvalue weighted by Crippen LogP contribution is 2.23. The molecule has 11 heteroatoms. The standard InChI is InChI=1S/C18H17ClN4O4S.CH4O/c1-11(20-16(24)12-3-7-14(19)8-4-12)17-21-22-18(27-17)13-5-9-15(10-6-13)23-28(2,25)26;1-2/h3-11,23H,1-2H3,(H,20,24);2H,1H3/t11-;/m1./s1. The van der Waals surface area contributed by atoms with E-state index in [2.05, 4.69) is 20.2 Å². The fraction of sp³-hybridized carbons (Fsp3) is 0.211. The Morgan fingerprint density at radius 2 is 1.67 bits per heavy atom. The number of sulfonamides is 1. The molecule has 0 unspecified atom stereocenters. The van der Waals surface area contributed by atoms with Gasteiger partial charge in [-0.05, 0) is 55.5 Å². The molecule has 0 radical (unpaired) electrons. The number of aliphatic hydroxyl groups excluding tert-OH is 1. The summed E-state index contributed by atoms with van der Waals surface area (Å²) in [6.07, 6.45) is 1.07. The van der Waals surface area contributed by atoms with Crippen molar-refractivity contribution >= 4 is 33.2 Å². The fourth-order valence-electron chi connectivity index (χ4n) is 2.36. The third-order valence-corrected chi connectivity index (χ3v) is 4.56. The largest absolute Gasteiger partial charge is 0.418 e. The molecule has 2 aromatic carbocycles. The zero-order chi connectivity index (χ0) is 22.3. The number of aliphatic hydroxyl groups is 1. The number of carbonyl (C=O) groups excluding carboxylic acids is 1. The van der Waals surface area contributed by atoms with Gasteiger partial charge in [0.25, 0.3) is 5.91 Å². The molecule has 0 aliphatic rings. The number of benzene rings is 2. The van der Waals surface area contributed by atoms with Crippen molar-refractivity contribution in [2.24, 2.45) is 0 Å². The van der Waals surface area contributed by atoms with Crippen molar-refractivity contribution in [1.82, 2.24) is 15.5 Å². The molecule has 30 heavy (non-hydrogen) atoms. The minimum absolute atomic E-state index is 0.246. The van der Waals surface area contributed by atoms with Crippen LogP contribution in [0.1, 0.15) is 29.2 Å². The normalized spacial score (nSPS) is 11.8. The van der Waals surface area contributed by atoms with Crippen LogP contribution in [-0.4, -0.2) is 43.0 Å². The Balaban J connectivity index is 0.00000155. The van der Waals surface area contributed by atoms with E-state index in [1.165, 1.54) is 0 Å². The minimum atomic E-state index is -3.35. The average Bonchev–Trinajstić information content (AvgIpc) is 3.20. The summed E-state index contributed by atoms with van der Waals surface area (Å²) in [4.78, 5) is 12.3. The first-order chi connectivity index (χ1) is 14.2. The lowest BCUT2D eigenvalue weighted by Gasteiger charge is -2.10. The van der Waals surface area contributed by atoms with Crippen molar-refractivity contribution in [3.63, 3.8) is 0 Å². The molecule has 3 rings (SSSR count). The van der Waals surface area contributed by atoms with Gasteiger partial charge in [0, 0.05) is 28.9 Å². The molecule has 1 amide bonds. The second-order valence-corrected chi connectivity index (χ2v) is 8.28. The number of hydrogen-bond donors (Lipinski definition) is 3. The summed E-state index contributed by atoms with van der Waals surface area (Å²) >= 11 is 5.82. The lowest BCUT2D eigenvalue weighted by atomic mass is 10.2. The van der Waals surface area contributed by atoms with Gasteiger partial charge in [-0.2, -0.15) is 0 Å². The Bertz CT molecular complexity index is 1080. The van der Waals surface area contributed by atoms with Gasteiger partial charge in [0.1, 0.15) is 6.04 Å². The van der Waals surface area contributed by atoms with Crippen molar-refractivity contribution in [1.29, 1.82) is 0 Å². The lowest BCUT2D eigenvalue weighted by Crippen LogP contribution is -2.26. The summed E-state index contributed by atoms with van der Waals surface area (Å²) in [6, 6.07) is 12.5. The SMILES string of the molecule is CO.C[C@@H](NC(=O)c1ccc(Cl)cc1)c1nnc(-c2ccc(NS(C)(=O)=O)cc2)o1. The van der Waals surface area contributed by atoms with E-state index in [0.717, 1.165) is 13.4 Å². The van der Waals surface area contributed by atoms with Crippen molar-refractivity contribution < 1.29 is 22.7 Å². The molecule has 1 heterocycles. The quantitative estimate of drug-likeness (QED) is 0.523. The maximum absolute atomic E-state index is 12.3. The maximum Gasteiger partial charge on any atom is 0.251 e. The topological polar surface area (TPSA) is 134 Å². The summed E-state index contributed by atoms with van der Waals surface area (Å²) in [5.41, 5.74) is 1.51. The maximum atomic E-state index is 12.3. The zero-order valence-corrected chi connectivity index (χ0v) is 18.0. The predicted octanol–water partition coefficient (Wildman–Crippen LogP) is 2.86. The lowest BCUT2D eigenvalue weighted by molar-refractivity contribution is 0.0934. The molecule has 1 aromatic heterocycles. The molecule has 1 atom stereocenters. The number of aromatic nitrogens is 2. The summed E-state index contributed by atoms with van der Waals surface area (Å²) in [6.45, 7) is 1.73. The highest BCUT2D eigenvalue weighted by atomic mass is 35.5. The molecular formula is C19H21ClN4O5S. The van der Waals surface area contributed by atoms with E-state index in [9.17, 15) is 13.2 Å². The molecule has 0 saturated heterocycles. The van der Waals surface area contributed by atoms with Crippen LogP contribution >= 0.6 is 11.6 Å². The summed E-state index contributed by atoms with van der Waals surface area (Å²) in [7, 11) is -2.35. The third kappa shape index (κ3) is 6.55. The van der Waals surface area contributed by atoms with Gasteiger partial charge in [0.05, 0.1) is 6.26 Å². The first-order valence-electron chi connectivity index (χ1n) is 8.64. The summed E-state index contributed by atoms with van der Waals surface area (Å²) in [5, 5.41) is 18.3. The average molecular weight is 453 g/mol. The molecule has 0 fully saturated rings. The van der Waals surface area contributed by atoms with Crippen molar-refractivity contribution in [2.75, 3.05) is 18.1 Å². The van der Waals surface area contributed by atoms with Gasteiger partial charge < -0.3 is 14.8 Å². The van der Waals surface area contributed by atoms with Gasteiger partial charge in [0.15, 0.2) is 0 Å². The van der Waals surface area contributed by atoms with E-state index in [-0.39, 0.29) is 17.7 Å². The molecule has 0 aliphatic carbocycles. The Morgan fingerprint density at radius 1 is 1.07 bits per heavy atom. The van der Waals surface area contributed by atoms with Crippen LogP contribution in [0.4, 0.5) is 5.69 Å². The zero-order valence-electron chi connectivity index (χ0n) is 16.5. The number of amides is 1. The van der Waals surface area contributed by atoms with Crippen LogP contribution in [0.5, 0.6) is 0 Å². The van der Waals surface area contributed by atoms with Crippen molar-refractivity contribution in [2.45, 2.75) is 13.0 Å². The highest BCUT2D eigenvalue weighted by molar-refractivity contribution is 7.92. The van der Waals surface area contributed by atoms with Crippen LogP contribution in [0, 0.1) is 0 Å². The molecule has 0 spiro atoms. The Labute approximate surface area is 179 Å². The second-order valence-electron chi connectivity index (χ2n) is 6.10. The van der Waals surface area contributed by atoms with Crippen molar-refractivity contribution in [3.8, 4) is 11.5 Å².